The molecule has 1 N–H and O–H groups in total. The third-order valence-corrected chi connectivity index (χ3v) is 5.89. The van der Waals surface area contributed by atoms with E-state index in [1.165, 1.54) is 54.3 Å². The van der Waals surface area contributed by atoms with Gasteiger partial charge in [-0.05, 0) is 53.0 Å². The first kappa shape index (κ1) is 15.1. The Morgan fingerprint density at radius 1 is 1.19 bits per heavy atom. The van der Waals surface area contributed by atoms with Gasteiger partial charge in [0.15, 0.2) is 0 Å². The van der Waals surface area contributed by atoms with Gasteiger partial charge in [0.25, 0.3) is 0 Å². The largest absolute Gasteiger partial charge is 0.312 e. The van der Waals surface area contributed by atoms with Gasteiger partial charge in [0, 0.05) is 17.8 Å². The maximum atomic E-state index is 3.77. The first-order valence-electron chi connectivity index (χ1n) is 8.34. The lowest BCUT2D eigenvalue weighted by atomic mass is 9.78. The third kappa shape index (κ3) is 3.49. The molecule has 114 valence electrons. The van der Waals surface area contributed by atoms with Crippen LogP contribution in [0.1, 0.15) is 51.5 Å². The summed E-state index contributed by atoms with van der Waals surface area (Å²) in [6.07, 6.45) is 7.07. The Hall–Kier alpha value is -0.860. The highest BCUT2D eigenvalue weighted by Gasteiger charge is 2.33. The standard InChI is InChI=1S/C19H27NS/c1-15(2)11-19(9-5-6-10-19)14-20-12-16-13-21-18-8-4-3-7-17(16)18/h3-4,7-8,13,15,20H,5-6,9-12,14H2,1-2H3. The average molecular weight is 301 g/mol. The third-order valence-electron chi connectivity index (χ3n) is 4.88. The molecule has 1 saturated carbocycles. The Balaban J connectivity index is 1.62. The van der Waals surface area contributed by atoms with E-state index >= 15 is 0 Å². The molecule has 1 fully saturated rings. The highest BCUT2D eigenvalue weighted by Crippen LogP contribution is 2.42. The molecular weight excluding hydrogens is 274 g/mol. The lowest BCUT2D eigenvalue weighted by Gasteiger charge is -2.31. The zero-order chi connectivity index (χ0) is 14.7. The molecule has 0 unspecified atom stereocenters. The SMILES string of the molecule is CC(C)CC1(CNCc2csc3ccccc23)CCCC1. The van der Waals surface area contributed by atoms with E-state index in [1.807, 2.05) is 11.3 Å². The van der Waals surface area contributed by atoms with Crippen molar-refractivity contribution in [1.29, 1.82) is 0 Å². The fourth-order valence-corrected chi connectivity index (χ4v) is 5.04. The van der Waals surface area contributed by atoms with Crippen LogP contribution in [0.3, 0.4) is 0 Å². The molecule has 0 saturated heterocycles. The first-order chi connectivity index (χ1) is 10.2. The van der Waals surface area contributed by atoms with Crippen molar-refractivity contribution in [3.05, 3.63) is 35.2 Å². The van der Waals surface area contributed by atoms with Crippen molar-refractivity contribution in [3.8, 4) is 0 Å². The molecule has 1 aromatic carbocycles. The van der Waals surface area contributed by atoms with E-state index in [2.05, 4.69) is 48.8 Å². The maximum Gasteiger partial charge on any atom is 0.0346 e. The number of hydrogen-bond donors (Lipinski definition) is 1. The van der Waals surface area contributed by atoms with Gasteiger partial charge in [0.2, 0.25) is 0 Å². The summed E-state index contributed by atoms with van der Waals surface area (Å²) in [5.74, 6) is 0.812. The van der Waals surface area contributed by atoms with Crippen LogP contribution in [-0.4, -0.2) is 6.54 Å². The molecule has 2 aromatic rings. The second-order valence-corrected chi connectivity index (χ2v) is 8.08. The lowest BCUT2D eigenvalue weighted by molar-refractivity contribution is 0.223. The first-order valence-corrected chi connectivity index (χ1v) is 9.22. The minimum absolute atomic E-state index is 0.569. The van der Waals surface area contributed by atoms with Gasteiger partial charge in [-0.2, -0.15) is 0 Å². The van der Waals surface area contributed by atoms with Gasteiger partial charge < -0.3 is 5.32 Å². The molecule has 1 heterocycles. The smallest absolute Gasteiger partial charge is 0.0346 e. The number of fused-ring (bicyclic) bond motifs is 1. The number of nitrogens with one attached hydrogen (secondary N) is 1. The molecule has 0 radical (unpaired) electrons. The van der Waals surface area contributed by atoms with E-state index in [9.17, 15) is 0 Å². The van der Waals surface area contributed by atoms with Crippen molar-refractivity contribution in [2.45, 2.75) is 52.5 Å². The molecule has 0 amide bonds. The Bertz CT molecular complexity index is 578. The minimum Gasteiger partial charge on any atom is -0.312 e. The van der Waals surface area contributed by atoms with Gasteiger partial charge in [-0.15, -0.1) is 11.3 Å². The van der Waals surface area contributed by atoms with Crippen molar-refractivity contribution in [3.63, 3.8) is 0 Å². The predicted molar refractivity (Wildman–Crippen MR) is 93.9 cm³/mol. The number of thiophene rings is 1. The Morgan fingerprint density at radius 2 is 1.95 bits per heavy atom. The van der Waals surface area contributed by atoms with Crippen LogP contribution in [0.4, 0.5) is 0 Å². The Labute approximate surface area is 132 Å². The Morgan fingerprint density at radius 3 is 2.71 bits per heavy atom. The van der Waals surface area contributed by atoms with Gasteiger partial charge in [-0.3, -0.25) is 0 Å². The molecule has 0 spiro atoms. The topological polar surface area (TPSA) is 12.0 Å². The summed E-state index contributed by atoms with van der Waals surface area (Å²) < 4.78 is 1.41. The Kier molecular flexibility index (Phi) is 4.66. The van der Waals surface area contributed by atoms with Crippen molar-refractivity contribution >= 4 is 21.4 Å². The molecular formula is C19H27NS. The molecule has 1 aliphatic rings. The fraction of sp³-hybridized carbons (Fsp3) is 0.579. The van der Waals surface area contributed by atoms with Crippen LogP contribution >= 0.6 is 11.3 Å². The lowest BCUT2D eigenvalue weighted by Crippen LogP contribution is -2.33. The van der Waals surface area contributed by atoms with Crippen molar-refractivity contribution in [2.75, 3.05) is 6.54 Å². The zero-order valence-electron chi connectivity index (χ0n) is 13.3. The zero-order valence-corrected chi connectivity index (χ0v) is 14.1. The summed E-state index contributed by atoms with van der Waals surface area (Å²) in [6.45, 7) is 6.94. The van der Waals surface area contributed by atoms with E-state index in [-0.39, 0.29) is 0 Å². The molecule has 21 heavy (non-hydrogen) atoms. The fourth-order valence-electron chi connectivity index (χ4n) is 4.08. The van der Waals surface area contributed by atoms with Crippen molar-refractivity contribution in [2.24, 2.45) is 11.3 Å². The summed E-state index contributed by atoms with van der Waals surface area (Å²) in [7, 11) is 0. The molecule has 1 aromatic heterocycles. The summed E-state index contributed by atoms with van der Waals surface area (Å²) in [5.41, 5.74) is 2.04. The summed E-state index contributed by atoms with van der Waals surface area (Å²) in [6, 6.07) is 8.75. The molecule has 1 aliphatic carbocycles. The maximum absolute atomic E-state index is 3.77. The molecule has 0 bridgehead atoms. The van der Waals surface area contributed by atoms with E-state index < -0.39 is 0 Å². The molecule has 2 heteroatoms. The van der Waals surface area contributed by atoms with Crippen LogP contribution < -0.4 is 5.32 Å². The van der Waals surface area contributed by atoms with Crippen molar-refractivity contribution < 1.29 is 0 Å². The predicted octanol–water partition coefficient (Wildman–Crippen LogP) is 5.60. The molecule has 3 rings (SSSR count). The second-order valence-electron chi connectivity index (χ2n) is 7.17. The minimum atomic E-state index is 0.569. The van der Waals surface area contributed by atoms with Crippen LogP contribution in [0, 0.1) is 11.3 Å². The number of rotatable bonds is 6. The van der Waals surface area contributed by atoms with E-state index in [0.29, 0.717) is 5.41 Å². The summed E-state index contributed by atoms with van der Waals surface area (Å²) in [5, 5.41) is 7.53. The van der Waals surface area contributed by atoms with Crippen LogP contribution in [0.15, 0.2) is 29.6 Å². The number of benzene rings is 1. The second kappa shape index (κ2) is 6.50. The van der Waals surface area contributed by atoms with Crippen molar-refractivity contribution in [1.82, 2.24) is 5.32 Å². The van der Waals surface area contributed by atoms with Crippen LogP contribution in [0.2, 0.25) is 0 Å². The van der Waals surface area contributed by atoms with Gasteiger partial charge in [0.05, 0.1) is 0 Å². The van der Waals surface area contributed by atoms with Gasteiger partial charge in [-0.25, -0.2) is 0 Å². The van der Waals surface area contributed by atoms with Gasteiger partial charge in [-0.1, -0.05) is 44.9 Å². The van der Waals surface area contributed by atoms with E-state index in [4.69, 9.17) is 0 Å². The summed E-state index contributed by atoms with van der Waals surface area (Å²) in [4.78, 5) is 0. The highest BCUT2D eigenvalue weighted by atomic mass is 32.1. The van der Waals surface area contributed by atoms with Crippen LogP contribution in [0.5, 0.6) is 0 Å². The number of hydrogen-bond acceptors (Lipinski definition) is 2. The molecule has 0 atom stereocenters. The average Bonchev–Trinajstić information content (AvgIpc) is 3.06. The van der Waals surface area contributed by atoms with E-state index in [0.717, 1.165) is 12.5 Å². The van der Waals surface area contributed by atoms with Gasteiger partial charge in [0.1, 0.15) is 0 Å². The van der Waals surface area contributed by atoms with E-state index in [1.54, 1.807) is 0 Å². The monoisotopic (exact) mass is 301 g/mol. The van der Waals surface area contributed by atoms with Crippen LogP contribution in [-0.2, 0) is 6.54 Å². The highest BCUT2D eigenvalue weighted by molar-refractivity contribution is 7.17. The quantitative estimate of drug-likeness (QED) is 0.732. The van der Waals surface area contributed by atoms with Crippen LogP contribution in [0.25, 0.3) is 10.1 Å². The summed E-state index contributed by atoms with van der Waals surface area (Å²) >= 11 is 1.87. The molecule has 0 aliphatic heterocycles. The molecule has 1 nitrogen and oxygen atoms in total. The normalized spacial score (nSPS) is 17.9. The van der Waals surface area contributed by atoms with Gasteiger partial charge >= 0.3 is 0 Å².